The number of aromatic nitrogens is 1. The highest BCUT2D eigenvalue weighted by molar-refractivity contribution is 6.30. The number of cyclic esters (lactones) is 1. The van der Waals surface area contributed by atoms with Gasteiger partial charge >= 0.3 is 6.09 Å². The summed E-state index contributed by atoms with van der Waals surface area (Å²) < 4.78 is 17.6. The Morgan fingerprint density at radius 1 is 1.27 bits per heavy atom. The van der Waals surface area contributed by atoms with Crippen LogP contribution < -0.4 is 10.1 Å². The molecule has 4 heterocycles. The van der Waals surface area contributed by atoms with E-state index in [1.807, 2.05) is 12.1 Å². The molecule has 3 aliphatic heterocycles. The molecule has 0 bridgehead atoms. The van der Waals surface area contributed by atoms with Crippen molar-refractivity contribution in [3.8, 4) is 5.75 Å². The lowest BCUT2D eigenvalue weighted by Crippen LogP contribution is -2.47. The number of nitrogens with zero attached hydrogens (tertiary/aromatic N) is 3. The Hall–Kier alpha value is -2.88. The molecule has 198 valence electrons. The van der Waals surface area contributed by atoms with Crippen LogP contribution in [0.25, 0.3) is 0 Å². The third-order valence-electron chi connectivity index (χ3n) is 7.04. The van der Waals surface area contributed by atoms with E-state index in [0.717, 1.165) is 24.2 Å². The van der Waals surface area contributed by atoms with Gasteiger partial charge in [0, 0.05) is 68.4 Å². The number of fused-ring (bicyclic) bond motifs is 1. The topological polar surface area (TPSA) is 93.2 Å². The summed E-state index contributed by atoms with van der Waals surface area (Å²) >= 11 is 5.96. The number of pyridine rings is 1. The molecule has 2 amide bonds. The number of morpholine rings is 1. The maximum atomic E-state index is 13.0. The van der Waals surface area contributed by atoms with E-state index in [0.29, 0.717) is 62.2 Å². The molecule has 3 saturated heterocycles. The third-order valence-corrected chi connectivity index (χ3v) is 7.29. The number of carbonyl (C=O) groups is 2. The number of rotatable bonds is 7. The summed E-state index contributed by atoms with van der Waals surface area (Å²) in [5.41, 5.74) is 1.94. The molecule has 0 saturated carbocycles. The molecule has 1 aromatic heterocycles. The quantitative estimate of drug-likeness (QED) is 0.586. The average molecular weight is 529 g/mol. The van der Waals surface area contributed by atoms with E-state index >= 15 is 0 Å². The molecular weight excluding hydrogens is 496 g/mol. The van der Waals surface area contributed by atoms with E-state index < -0.39 is 0 Å². The van der Waals surface area contributed by atoms with Crippen molar-refractivity contribution in [2.75, 3.05) is 32.8 Å². The van der Waals surface area contributed by atoms with Crippen molar-refractivity contribution >= 4 is 23.6 Å². The highest BCUT2D eigenvalue weighted by Crippen LogP contribution is 2.30. The molecule has 3 fully saturated rings. The van der Waals surface area contributed by atoms with E-state index in [1.54, 1.807) is 29.3 Å². The fourth-order valence-electron chi connectivity index (χ4n) is 5.13. The van der Waals surface area contributed by atoms with Gasteiger partial charge in [0.05, 0.1) is 18.2 Å². The van der Waals surface area contributed by atoms with Crippen molar-refractivity contribution < 1.29 is 23.8 Å². The summed E-state index contributed by atoms with van der Waals surface area (Å²) in [4.78, 5) is 33.4. The van der Waals surface area contributed by atoms with Gasteiger partial charge in [0.15, 0.2) is 0 Å². The van der Waals surface area contributed by atoms with Gasteiger partial charge in [0.25, 0.3) is 5.91 Å². The molecule has 5 rings (SSSR count). The number of piperidine rings is 1. The van der Waals surface area contributed by atoms with Gasteiger partial charge in [0.1, 0.15) is 24.2 Å². The Morgan fingerprint density at radius 2 is 2.08 bits per heavy atom. The second-order valence-corrected chi connectivity index (χ2v) is 10.9. The number of amides is 2. The van der Waals surface area contributed by atoms with Crippen LogP contribution in [-0.4, -0.2) is 77.4 Å². The van der Waals surface area contributed by atoms with Gasteiger partial charge in [-0.05, 0) is 31.5 Å². The zero-order valence-electron chi connectivity index (χ0n) is 21.2. The van der Waals surface area contributed by atoms with Gasteiger partial charge < -0.3 is 24.4 Å². The fraction of sp³-hybridized carbons (Fsp3) is 0.519. The molecule has 9 nitrogen and oxygen atoms in total. The minimum absolute atomic E-state index is 0.0266. The minimum Gasteiger partial charge on any atom is -0.490 e. The van der Waals surface area contributed by atoms with Crippen molar-refractivity contribution in [3.63, 3.8) is 0 Å². The van der Waals surface area contributed by atoms with Gasteiger partial charge in [-0.2, -0.15) is 0 Å². The Bertz CT molecular complexity index is 1140. The van der Waals surface area contributed by atoms with E-state index in [2.05, 4.69) is 29.0 Å². The summed E-state index contributed by atoms with van der Waals surface area (Å²) in [6.07, 6.45) is 2.81. The van der Waals surface area contributed by atoms with Crippen LogP contribution in [0.4, 0.5) is 4.79 Å². The number of benzene rings is 1. The molecule has 1 N–H and O–H groups in total. The normalized spacial score (nSPS) is 23.3. The molecule has 1 aromatic carbocycles. The first kappa shape index (κ1) is 25.8. The van der Waals surface area contributed by atoms with Gasteiger partial charge in [-0.3, -0.25) is 14.7 Å². The van der Waals surface area contributed by atoms with Crippen LogP contribution >= 0.6 is 11.6 Å². The number of hydrogen-bond acceptors (Lipinski definition) is 7. The molecule has 37 heavy (non-hydrogen) atoms. The number of halogens is 1. The summed E-state index contributed by atoms with van der Waals surface area (Å²) in [6.45, 7) is 8.43. The maximum absolute atomic E-state index is 13.0. The highest BCUT2D eigenvalue weighted by atomic mass is 35.5. The zero-order chi connectivity index (χ0) is 26.0. The zero-order valence-corrected chi connectivity index (χ0v) is 22.0. The largest absolute Gasteiger partial charge is 0.490 e. The summed E-state index contributed by atoms with van der Waals surface area (Å²) in [6, 6.07) is 9.11. The number of nitrogens with one attached hydrogen (secondary N) is 1. The van der Waals surface area contributed by atoms with Crippen LogP contribution in [0, 0.1) is 0 Å². The number of ether oxygens (including phenoxy) is 3. The standard InChI is InChI=1S/C27H33ClN4O5/c1-27(2)17-31(9-10-36-27)15-19-14-29-23(25(33)30-13-18-3-5-20(28)6-4-18)12-24(19)37-22-7-8-32-21(11-22)16-35-26(32)34/h3-6,12,14,21-22H,7-11,13,15-17H2,1-2H3,(H,30,33)/t21-,22-/m0/s1. The van der Waals surface area contributed by atoms with Gasteiger partial charge in [-0.1, -0.05) is 23.7 Å². The summed E-state index contributed by atoms with van der Waals surface area (Å²) in [5, 5.41) is 3.57. The first-order valence-electron chi connectivity index (χ1n) is 12.7. The van der Waals surface area contributed by atoms with E-state index in [-0.39, 0.29) is 29.7 Å². The average Bonchev–Trinajstić information content (AvgIpc) is 3.24. The maximum Gasteiger partial charge on any atom is 0.410 e. The summed E-state index contributed by atoms with van der Waals surface area (Å²) in [5.74, 6) is 0.378. The van der Waals surface area contributed by atoms with Crippen LogP contribution in [0.1, 0.15) is 48.3 Å². The Labute approximate surface area is 222 Å². The molecule has 10 heteroatoms. The Morgan fingerprint density at radius 3 is 2.86 bits per heavy atom. The van der Waals surface area contributed by atoms with Gasteiger partial charge in [0.2, 0.25) is 0 Å². The predicted octanol–water partition coefficient (Wildman–Crippen LogP) is 3.64. The molecule has 3 aliphatic rings. The first-order valence-corrected chi connectivity index (χ1v) is 13.1. The first-order chi connectivity index (χ1) is 17.8. The Kier molecular flexibility index (Phi) is 7.55. The second kappa shape index (κ2) is 10.8. The van der Waals surface area contributed by atoms with Crippen molar-refractivity contribution in [3.05, 3.63) is 58.4 Å². The number of carbonyl (C=O) groups excluding carboxylic acids is 2. The van der Waals surface area contributed by atoms with E-state index in [1.165, 1.54) is 0 Å². The predicted molar refractivity (Wildman–Crippen MR) is 138 cm³/mol. The third kappa shape index (κ3) is 6.34. The van der Waals surface area contributed by atoms with Crippen molar-refractivity contribution in [2.45, 2.75) is 57.5 Å². The van der Waals surface area contributed by atoms with Crippen molar-refractivity contribution in [1.29, 1.82) is 0 Å². The van der Waals surface area contributed by atoms with Crippen molar-refractivity contribution in [2.24, 2.45) is 0 Å². The lowest BCUT2D eigenvalue weighted by Gasteiger charge is -2.38. The monoisotopic (exact) mass is 528 g/mol. The van der Waals surface area contributed by atoms with Gasteiger partial charge in [-0.15, -0.1) is 0 Å². The number of hydrogen-bond donors (Lipinski definition) is 1. The molecule has 0 radical (unpaired) electrons. The molecular formula is C27H33ClN4O5. The van der Waals surface area contributed by atoms with Crippen LogP contribution in [0.5, 0.6) is 5.75 Å². The Balaban J connectivity index is 1.31. The SMILES string of the molecule is CC1(C)CN(Cc2cnc(C(=O)NCc3ccc(Cl)cc3)cc2O[C@H]2CCN3C(=O)OC[C@@H]3C2)CCO1. The molecule has 2 atom stereocenters. The van der Waals surface area contributed by atoms with Crippen LogP contribution in [-0.2, 0) is 22.6 Å². The minimum atomic E-state index is -0.275. The van der Waals surface area contributed by atoms with Crippen LogP contribution in [0.3, 0.4) is 0 Å². The molecule has 0 unspecified atom stereocenters. The fourth-order valence-corrected chi connectivity index (χ4v) is 5.26. The molecule has 2 aromatic rings. The van der Waals surface area contributed by atoms with Crippen LogP contribution in [0.15, 0.2) is 36.5 Å². The molecule has 0 aliphatic carbocycles. The molecule has 0 spiro atoms. The smallest absolute Gasteiger partial charge is 0.410 e. The van der Waals surface area contributed by atoms with E-state index in [4.69, 9.17) is 25.8 Å². The highest BCUT2D eigenvalue weighted by Gasteiger charge is 2.39. The van der Waals surface area contributed by atoms with Gasteiger partial charge in [-0.25, -0.2) is 4.79 Å². The lowest BCUT2D eigenvalue weighted by atomic mass is 10.0. The van der Waals surface area contributed by atoms with E-state index in [9.17, 15) is 9.59 Å². The summed E-state index contributed by atoms with van der Waals surface area (Å²) in [7, 11) is 0. The van der Waals surface area contributed by atoms with Crippen molar-refractivity contribution in [1.82, 2.24) is 20.1 Å². The van der Waals surface area contributed by atoms with Crippen LogP contribution in [0.2, 0.25) is 5.02 Å². The lowest BCUT2D eigenvalue weighted by molar-refractivity contribution is -0.0884. The second-order valence-electron chi connectivity index (χ2n) is 10.5.